The summed E-state index contributed by atoms with van der Waals surface area (Å²) in [6, 6.07) is 11.5. The monoisotopic (exact) mass is 626 g/mol. The van der Waals surface area contributed by atoms with Crippen LogP contribution in [0.5, 0.6) is 0 Å². The molecule has 1 aliphatic rings. The third-order valence-corrected chi connectivity index (χ3v) is 7.56. The molecule has 0 saturated heterocycles. The fourth-order valence-electron chi connectivity index (χ4n) is 4.67. The molecule has 1 N–H and O–H groups in total. The van der Waals surface area contributed by atoms with Gasteiger partial charge in [-0.1, -0.05) is 77.7 Å². The molecule has 7 nitrogen and oxygen atoms in total. The maximum absolute atomic E-state index is 14.5. The summed E-state index contributed by atoms with van der Waals surface area (Å²) in [5, 5.41) is 10.2. The maximum Gasteiger partial charge on any atom is 0.435 e. The third kappa shape index (κ3) is 6.48. The summed E-state index contributed by atoms with van der Waals surface area (Å²) in [6.45, 7) is 7.21. The van der Waals surface area contributed by atoms with Crippen molar-refractivity contribution in [2.24, 2.45) is 10.3 Å². The Labute approximate surface area is 250 Å². The van der Waals surface area contributed by atoms with Gasteiger partial charge in [0.15, 0.2) is 5.82 Å². The zero-order valence-corrected chi connectivity index (χ0v) is 24.3. The Bertz CT molecular complexity index is 1490. The van der Waals surface area contributed by atoms with Crippen molar-refractivity contribution in [1.82, 2.24) is 10.2 Å². The summed E-state index contributed by atoms with van der Waals surface area (Å²) in [4.78, 5) is 25.5. The molecule has 1 amide bonds. The minimum absolute atomic E-state index is 0.0129. The first-order valence-corrected chi connectivity index (χ1v) is 13.9. The van der Waals surface area contributed by atoms with Crippen LogP contribution in [0.4, 0.5) is 17.6 Å². The first kappa shape index (κ1) is 31.5. The predicted octanol–water partition coefficient (Wildman–Crippen LogP) is 6.94. The quantitative estimate of drug-likeness (QED) is 0.0822. The van der Waals surface area contributed by atoms with Crippen LogP contribution in [0.3, 0.4) is 0 Å². The van der Waals surface area contributed by atoms with Gasteiger partial charge in [-0.15, -0.1) is 0 Å². The van der Waals surface area contributed by atoms with Gasteiger partial charge in [0.25, 0.3) is 11.5 Å². The zero-order chi connectivity index (χ0) is 30.5. The maximum atomic E-state index is 14.5. The van der Waals surface area contributed by atoms with Crippen molar-refractivity contribution in [3.8, 4) is 0 Å². The lowest BCUT2D eigenvalue weighted by atomic mass is 9.85. The van der Waals surface area contributed by atoms with E-state index in [2.05, 4.69) is 34.4 Å². The minimum Gasteiger partial charge on any atom is -0.395 e. The van der Waals surface area contributed by atoms with E-state index >= 15 is 0 Å². The number of rotatable bonds is 11. The van der Waals surface area contributed by atoms with Crippen LogP contribution >= 0.6 is 23.2 Å². The molecule has 0 saturated carbocycles. The lowest BCUT2D eigenvalue weighted by Gasteiger charge is -2.29. The van der Waals surface area contributed by atoms with Crippen LogP contribution in [0.15, 0.2) is 58.8 Å². The van der Waals surface area contributed by atoms with Crippen molar-refractivity contribution in [3.05, 3.63) is 81.1 Å². The Hall–Kier alpha value is -3.41. The molecule has 1 heterocycles. The number of carbonyl (C=O) groups excluding carboxylic acids is 1. The predicted molar refractivity (Wildman–Crippen MR) is 155 cm³/mol. The summed E-state index contributed by atoms with van der Waals surface area (Å²) in [6.07, 6.45) is -4.24. The number of nitrogens with zero attached hydrogens (tertiary/aromatic N) is 3. The lowest BCUT2D eigenvalue weighted by molar-refractivity contribution is -0.275. The Kier molecular flexibility index (Phi) is 9.96. The molecule has 1 unspecified atom stereocenters. The van der Waals surface area contributed by atoms with E-state index in [1.165, 1.54) is 18.3 Å². The molecule has 0 bridgehead atoms. The molecule has 1 aliphatic heterocycles. The standard InChI is InChI=1S/C29H28Cl2F4N4O3/c1-3-39(4-2)13-14-41-37-12-11-36-27(40)22-10-9-21(19-7-5-6-8-20(19)22)25-17-28(42-38-25,29(33,34)35)18-15-23(30)26(32)24(31)16-18/h5-10,12,15-16H,3-4,11,13-14,17H2,1-2H3,(H,36,40). The second-order valence-corrected chi connectivity index (χ2v) is 10.3. The Morgan fingerprint density at radius 1 is 1.14 bits per heavy atom. The number of nitrogens with one attached hydrogen (secondary N) is 1. The first-order chi connectivity index (χ1) is 20.0. The average Bonchev–Trinajstić information content (AvgIpc) is 3.43. The van der Waals surface area contributed by atoms with Crippen LogP contribution < -0.4 is 5.32 Å². The van der Waals surface area contributed by atoms with Crippen molar-refractivity contribution in [3.63, 3.8) is 0 Å². The molecule has 0 radical (unpaired) electrons. The molecule has 3 aromatic carbocycles. The van der Waals surface area contributed by atoms with Gasteiger partial charge in [0, 0.05) is 29.7 Å². The van der Waals surface area contributed by atoms with E-state index in [0.717, 1.165) is 31.8 Å². The minimum atomic E-state index is -4.95. The molecular formula is C29H28Cl2F4N4O3. The molecule has 0 fully saturated rings. The highest BCUT2D eigenvalue weighted by Gasteiger charge is 2.62. The molecule has 3 aromatic rings. The van der Waals surface area contributed by atoms with Crippen molar-refractivity contribution in [1.29, 1.82) is 0 Å². The van der Waals surface area contributed by atoms with Gasteiger partial charge in [0.05, 0.1) is 28.5 Å². The van der Waals surface area contributed by atoms with E-state index in [0.29, 0.717) is 28.5 Å². The van der Waals surface area contributed by atoms with E-state index < -0.39 is 45.5 Å². The largest absolute Gasteiger partial charge is 0.435 e. The molecule has 0 spiro atoms. The van der Waals surface area contributed by atoms with Crippen LogP contribution in [0.25, 0.3) is 10.8 Å². The number of hydrogen-bond acceptors (Lipinski definition) is 6. The fraction of sp³-hybridized carbons (Fsp3) is 0.345. The second kappa shape index (κ2) is 13.3. The zero-order valence-electron chi connectivity index (χ0n) is 22.8. The van der Waals surface area contributed by atoms with Gasteiger partial charge >= 0.3 is 6.18 Å². The summed E-state index contributed by atoms with van der Waals surface area (Å²) in [7, 11) is 0. The van der Waals surface area contributed by atoms with Crippen molar-refractivity contribution >= 4 is 51.8 Å². The van der Waals surface area contributed by atoms with Gasteiger partial charge in [-0.25, -0.2) is 4.39 Å². The number of alkyl halides is 3. The highest BCUT2D eigenvalue weighted by molar-refractivity contribution is 6.35. The number of likely N-dealkylation sites (N-methyl/N-ethyl adjacent to an activating group) is 1. The molecule has 42 heavy (non-hydrogen) atoms. The summed E-state index contributed by atoms with van der Waals surface area (Å²) in [5.74, 6) is -1.44. The summed E-state index contributed by atoms with van der Waals surface area (Å²) < 4.78 is 57.4. The smallest absolute Gasteiger partial charge is 0.395 e. The number of benzene rings is 3. The van der Waals surface area contributed by atoms with Crippen LogP contribution in [-0.4, -0.2) is 61.7 Å². The van der Waals surface area contributed by atoms with E-state index in [4.69, 9.17) is 32.9 Å². The molecule has 1 atom stereocenters. The number of halogens is 6. The highest BCUT2D eigenvalue weighted by Crippen LogP contribution is 2.50. The molecule has 4 rings (SSSR count). The van der Waals surface area contributed by atoms with Crippen molar-refractivity contribution in [2.45, 2.75) is 32.0 Å². The Morgan fingerprint density at radius 2 is 1.81 bits per heavy atom. The third-order valence-electron chi connectivity index (χ3n) is 7.01. The van der Waals surface area contributed by atoms with Gasteiger partial charge in [-0.05, 0) is 42.1 Å². The fourth-order valence-corrected chi connectivity index (χ4v) is 5.16. The molecule has 0 aliphatic carbocycles. The Balaban J connectivity index is 1.53. The van der Waals surface area contributed by atoms with Gasteiger partial charge < -0.3 is 19.9 Å². The van der Waals surface area contributed by atoms with Crippen LogP contribution in [0, 0.1) is 5.82 Å². The van der Waals surface area contributed by atoms with Gasteiger partial charge in [-0.2, -0.15) is 13.2 Å². The summed E-state index contributed by atoms with van der Waals surface area (Å²) >= 11 is 11.6. The van der Waals surface area contributed by atoms with E-state index in [1.807, 2.05) is 0 Å². The van der Waals surface area contributed by atoms with Crippen molar-refractivity contribution < 1.29 is 32.0 Å². The molecular weight excluding hydrogens is 599 g/mol. The van der Waals surface area contributed by atoms with Crippen LogP contribution in [-0.2, 0) is 15.3 Å². The van der Waals surface area contributed by atoms with Gasteiger partial charge in [-0.3, -0.25) is 4.79 Å². The summed E-state index contributed by atoms with van der Waals surface area (Å²) in [5.41, 5.74) is -2.78. The van der Waals surface area contributed by atoms with E-state index in [1.54, 1.807) is 24.3 Å². The highest BCUT2D eigenvalue weighted by atomic mass is 35.5. The number of amides is 1. The van der Waals surface area contributed by atoms with Crippen LogP contribution in [0.2, 0.25) is 10.0 Å². The second-order valence-electron chi connectivity index (χ2n) is 9.45. The SMILES string of the molecule is CCN(CC)CCON=CCNC(=O)c1ccc(C2=NOC(c3cc(Cl)c(F)c(Cl)c3)(C(F)(F)F)C2)c2ccccc12. The normalized spacial score (nSPS) is 17.1. The van der Waals surface area contributed by atoms with Gasteiger partial charge in [0.2, 0.25) is 0 Å². The number of oxime groups is 2. The molecule has 0 aromatic heterocycles. The molecule has 13 heteroatoms. The van der Waals surface area contributed by atoms with Crippen molar-refractivity contribution in [2.75, 3.05) is 32.8 Å². The number of carbonyl (C=O) groups is 1. The average molecular weight is 627 g/mol. The first-order valence-electron chi connectivity index (χ1n) is 13.2. The lowest BCUT2D eigenvalue weighted by Crippen LogP contribution is -2.42. The van der Waals surface area contributed by atoms with Crippen LogP contribution in [0.1, 0.15) is 41.8 Å². The number of fused-ring (bicyclic) bond motifs is 1. The number of hydrogen-bond donors (Lipinski definition) is 1. The topological polar surface area (TPSA) is 75.5 Å². The van der Waals surface area contributed by atoms with E-state index in [-0.39, 0.29) is 12.3 Å². The van der Waals surface area contributed by atoms with Gasteiger partial charge in [0.1, 0.15) is 6.61 Å². The Morgan fingerprint density at radius 3 is 2.45 bits per heavy atom. The molecule has 224 valence electrons. The van der Waals surface area contributed by atoms with E-state index in [9.17, 15) is 22.4 Å².